The van der Waals surface area contributed by atoms with Gasteiger partial charge in [0.1, 0.15) is 18.1 Å². The van der Waals surface area contributed by atoms with Crippen LogP contribution < -0.4 is 15.2 Å². The van der Waals surface area contributed by atoms with E-state index < -0.39 is 0 Å². The highest BCUT2D eigenvalue weighted by Crippen LogP contribution is 2.28. The van der Waals surface area contributed by atoms with E-state index in [9.17, 15) is 0 Å². The maximum absolute atomic E-state index is 5.76. The van der Waals surface area contributed by atoms with Gasteiger partial charge < -0.3 is 15.2 Å². The molecule has 1 heterocycles. The van der Waals surface area contributed by atoms with Crippen LogP contribution in [0.5, 0.6) is 11.5 Å². The van der Waals surface area contributed by atoms with Crippen molar-refractivity contribution in [3.05, 3.63) is 23.8 Å². The molecule has 0 bridgehead atoms. The lowest BCUT2D eigenvalue weighted by molar-refractivity contribution is 0.262. The molecular formula is C10H13NO2. The van der Waals surface area contributed by atoms with Gasteiger partial charge in [0.25, 0.3) is 0 Å². The SMILES string of the molecule is COc1ccc2c(c1)OC[C@H](N)C2. The fraction of sp³-hybridized carbons (Fsp3) is 0.400. The summed E-state index contributed by atoms with van der Waals surface area (Å²) in [5.74, 6) is 1.73. The largest absolute Gasteiger partial charge is 0.497 e. The summed E-state index contributed by atoms with van der Waals surface area (Å²) >= 11 is 0. The highest BCUT2D eigenvalue weighted by Gasteiger charge is 2.16. The Balaban J connectivity index is 2.31. The number of benzene rings is 1. The molecule has 0 fully saturated rings. The lowest BCUT2D eigenvalue weighted by Crippen LogP contribution is -2.33. The molecule has 2 rings (SSSR count). The Morgan fingerprint density at radius 1 is 1.54 bits per heavy atom. The number of fused-ring (bicyclic) bond motifs is 1. The normalized spacial score (nSPS) is 20.3. The van der Waals surface area contributed by atoms with Crippen molar-refractivity contribution in [2.24, 2.45) is 5.73 Å². The van der Waals surface area contributed by atoms with Crippen molar-refractivity contribution in [3.8, 4) is 11.5 Å². The first-order valence-corrected chi connectivity index (χ1v) is 4.35. The summed E-state index contributed by atoms with van der Waals surface area (Å²) in [6.07, 6.45) is 0.888. The first kappa shape index (κ1) is 8.38. The lowest BCUT2D eigenvalue weighted by Gasteiger charge is -2.22. The molecule has 1 aliphatic heterocycles. The first-order valence-electron chi connectivity index (χ1n) is 4.35. The minimum Gasteiger partial charge on any atom is -0.497 e. The molecule has 1 aromatic rings. The molecule has 0 spiro atoms. The van der Waals surface area contributed by atoms with E-state index in [1.807, 2.05) is 18.2 Å². The van der Waals surface area contributed by atoms with Gasteiger partial charge in [-0.05, 0) is 18.1 Å². The van der Waals surface area contributed by atoms with Crippen molar-refractivity contribution < 1.29 is 9.47 Å². The lowest BCUT2D eigenvalue weighted by atomic mass is 10.0. The van der Waals surface area contributed by atoms with Crippen molar-refractivity contribution in [2.75, 3.05) is 13.7 Å². The Morgan fingerprint density at radius 2 is 2.38 bits per heavy atom. The summed E-state index contributed by atoms with van der Waals surface area (Å²) in [4.78, 5) is 0. The van der Waals surface area contributed by atoms with Gasteiger partial charge in [-0.15, -0.1) is 0 Å². The highest BCUT2D eigenvalue weighted by atomic mass is 16.5. The summed E-state index contributed by atoms with van der Waals surface area (Å²) in [5.41, 5.74) is 6.93. The van der Waals surface area contributed by atoms with Crippen molar-refractivity contribution in [2.45, 2.75) is 12.5 Å². The van der Waals surface area contributed by atoms with Crippen LogP contribution >= 0.6 is 0 Å². The Bertz CT molecular complexity index is 312. The minimum atomic E-state index is 0.126. The van der Waals surface area contributed by atoms with Gasteiger partial charge in [-0.25, -0.2) is 0 Å². The van der Waals surface area contributed by atoms with Gasteiger partial charge in [-0.2, -0.15) is 0 Å². The molecule has 2 N–H and O–H groups in total. The van der Waals surface area contributed by atoms with Crippen molar-refractivity contribution >= 4 is 0 Å². The van der Waals surface area contributed by atoms with Crippen LogP contribution in [0.2, 0.25) is 0 Å². The Labute approximate surface area is 77.5 Å². The number of hydrogen-bond donors (Lipinski definition) is 1. The molecule has 13 heavy (non-hydrogen) atoms. The van der Waals surface area contributed by atoms with E-state index in [0.717, 1.165) is 17.9 Å². The van der Waals surface area contributed by atoms with Crippen molar-refractivity contribution in [1.29, 1.82) is 0 Å². The predicted octanol–water partition coefficient (Wildman–Crippen LogP) is 0.957. The summed E-state index contributed by atoms with van der Waals surface area (Å²) in [6.45, 7) is 0.597. The molecular weight excluding hydrogens is 166 g/mol. The summed E-state index contributed by atoms with van der Waals surface area (Å²) in [6, 6.07) is 5.97. The van der Waals surface area contributed by atoms with E-state index in [2.05, 4.69) is 0 Å². The van der Waals surface area contributed by atoms with Crippen molar-refractivity contribution in [1.82, 2.24) is 0 Å². The molecule has 0 amide bonds. The summed E-state index contributed by atoms with van der Waals surface area (Å²) in [7, 11) is 1.65. The van der Waals surface area contributed by atoms with Crippen LogP contribution in [-0.4, -0.2) is 19.8 Å². The molecule has 1 aromatic carbocycles. The van der Waals surface area contributed by atoms with Crippen LogP contribution in [0.25, 0.3) is 0 Å². The third-order valence-electron chi connectivity index (χ3n) is 2.21. The smallest absolute Gasteiger partial charge is 0.126 e. The molecule has 0 saturated carbocycles. The Hall–Kier alpha value is -1.22. The van der Waals surface area contributed by atoms with Crippen LogP contribution in [0.4, 0.5) is 0 Å². The maximum atomic E-state index is 5.76. The fourth-order valence-electron chi connectivity index (χ4n) is 1.50. The Morgan fingerprint density at radius 3 is 3.15 bits per heavy atom. The number of hydrogen-bond acceptors (Lipinski definition) is 3. The molecule has 0 aliphatic carbocycles. The van der Waals surface area contributed by atoms with Crippen LogP contribution in [0.15, 0.2) is 18.2 Å². The zero-order valence-electron chi connectivity index (χ0n) is 7.62. The van der Waals surface area contributed by atoms with E-state index in [-0.39, 0.29) is 6.04 Å². The van der Waals surface area contributed by atoms with E-state index in [1.54, 1.807) is 7.11 Å². The van der Waals surface area contributed by atoms with Gasteiger partial charge in [-0.1, -0.05) is 6.07 Å². The Kier molecular flexibility index (Phi) is 2.10. The minimum absolute atomic E-state index is 0.126. The third kappa shape index (κ3) is 1.60. The molecule has 0 saturated heterocycles. The van der Waals surface area contributed by atoms with E-state index >= 15 is 0 Å². The fourth-order valence-corrected chi connectivity index (χ4v) is 1.50. The standard InChI is InChI=1S/C10H13NO2/c1-12-9-3-2-7-4-8(11)6-13-10(7)5-9/h2-3,5,8H,4,6,11H2,1H3/t8-/m1/s1. The molecule has 1 aliphatic rings. The molecule has 70 valence electrons. The van der Waals surface area contributed by atoms with Crippen LogP contribution in [-0.2, 0) is 6.42 Å². The van der Waals surface area contributed by atoms with Gasteiger partial charge in [0.15, 0.2) is 0 Å². The highest BCUT2D eigenvalue weighted by molar-refractivity contribution is 5.42. The van der Waals surface area contributed by atoms with E-state index in [0.29, 0.717) is 6.61 Å². The van der Waals surface area contributed by atoms with Crippen LogP contribution in [0, 0.1) is 0 Å². The second-order valence-electron chi connectivity index (χ2n) is 3.25. The maximum Gasteiger partial charge on any atom is 0.126 e. The van der Waals surface area contributed by atoms with E-state index in [4.69, 9.17) is 15.2 Å². The zero-order chi connectivity index (χ0) is 9.26. The molecule has 3 nitrogen and oxygen atoms in total. The number of methoxy groups -OCH3 is 1. The average Bonchev–Trinajstić information content (AvgIpc) is 2.17. The summed E-state index contributed by atoms with van der Waals surface area (Å²) in [5, 5.41) is 0. The predicted molar refractivity (Wildman–Crippen MR) is 50.2 cm³/mol. The molecule has 0 aromatic heterocycles. The quantitative estimate of drug-likeness (QED) is 0.698. The number of nitrogens with two attached hydrogens (primary N) is 1. The topological polar surface area (TPSA) is 44.5 Å². The van der Waals surface area contributed by atoms with Gasteiger partial charge in [0.2, 0.25) is 0 Å². The van der Waals surface area contributed by atoms with Gasteiger partial charge in [0.05, 0.1) is 7.11 Å². The monoisotopic (exact) mass is 179 g/mol. The second kappa shape index (κ2) is 3.26. The zero-order valence-corrected chi connectivity index (χ0v) is 7.62. The summed E-state index contributed by atoms with van der Waals surface area (Å²) < 4.78 is 10.6. The average molecular weight is 179 g/mol. The third-order valence-corrected chi connectivity index (χ3v) is 2.21. The van der Waals surface area contributed by atoms with Gasteiger partial charge in [0, 0.05) is 12.1 Å². The number of ether oxygens (including phenoxy) is 2. The molecule has 3 heteroatoms. The van der Waals surface area contributed by atoms with Gasteiger partial charge >= 0.3 is 0 Å². The van der Waals surface area contributed by atoms with Crippen molar-refractivity contribution in [3.63, 3.8) is 0 Å². The second-order valence-corrected chi connectivity index (χ2v) is 3.25. The van der Waals surface area contributed by atoms with Crippen LogP contribution in [0.1, 0.15) is 5.56 Å². The van der Waals surface area contributed by atoms with Gasteiger partial charge in [-0.3, -0.25) is 0 Å². The van der Waals surface area contributed by atoms with E-state index in [1.165, 1.54) is 5.56 Å². The first-order chi connectivity index (χ1) is 6.29. The molecule has 0 radical (unpaired) electrons. The molecule has 0 unspecified atom stereocenters. The van der Waals surface area contributed by atoms with Crippen LogP contribution in [0.3, 0.4) is 0 Å². The molecule has 1 atom stereocenters. The number of rotatable bonds is 1.